The maximum Gasteiger partial charge on any atom is 0.208 e. The molecule has 0 radical (unpaired) electrons. The third-order valence-corrected chi connectivity index (χ3v) is 2.78. The molecule has 3 N–H and O–H groups in total. The molecule has 0 aromatic heterocycles. The number of para-hydroxylation sites is 1. The average Bonchev–Trinajstić information content (AvgIpc) is 2.33. The number of guanidine groups is 1. The Bertz CT molecular complexity index is 368. The summed E-state index contributed by atoms with van der Waals surface area (Å²) in [5, 5.41) is 2.10. The first kappa shape index (κ1) is 11.9. The number of likely N-dealkylation sites (N-methyl/N-ethyl adjacent to an activating group) is 1. The highest BCUT2D eigenvalue weighted by Gasteiger charge is 2.13. The van der Waals surface area contributed by atoms with Crippen molar-refractivity contribution < 1.29 is 0 Å². The van der Waals surface area contributed by atoms with Crippen LogP contribution in [-0.2, 0) is 0 Å². The Kier molecular flexibility index (Phi) is 3.95. The van der Waals surface area contributed by atoms with E-state index in [0.717, 1.165) is 31.9 Å². The number of piperazine rings is 1. The second-order valence-corrected chi connectivity index (χ2v) is 4.23. The van der Waals surface area contributed by atoms with Crippen LogP contribution in [0.3, 0.4) is 0 Å². The van der Waals surface area contributed by atoms with Crippen molar-refractivity contribution in [1.82, 2.24) is 15.3 Å². The molecule has 0 bridgehead atoms. The minimum Gasteiger partial charge on any atom is -0.369 e. The summed E-state index contributed by atoms with van der Waals surface area (Å²) in [6, 6.07) is 9.71. The maximum atomic E-state index is 5.85. The number of hydrogen-bond acceptors (Lipinski definition) is 3. The number of rotatable bonds is 2. The van der Waals surface area contributed by atoms with Crippen molar-refractivity contribution in [2.24, 2.45) is 10.7 Å². The molecule has 1 fully saturated rings. The lowest BCUT2D eigenvalue weighted by atomic mass is 10.3. The van der Waals surface area contributed by atoms with Gasteiger partial charge in [-0.2, -0.15) is 0 Å². The molecule has 1 saturated heterocycles. The first-order valence-electron chi connectivity index (χ1n) is 5.83. The second-order valence-electron chi connectivity index (χ2n) is 4.23. The maximum absolute atomic E-state index is 5.85. The first-order valence-corrected chi connectivity index (χ1v) is 5.83. The van der Waals surface area contributed by atoms with Crippen molar-refractivity contribution in [3.8, 4) is 0 Å². The van der Waals surface area contributed by atoms with Crippen LogP contribution in [0, 0.1) is 0 Å². The summed E-state index contributed by atoms with van der Waals surface area (Å²) in [5.41, 5.74) is 9.84. The highest BCUT2D eigenvalue weighted by atomic mass is 15.6. The lowest BCUT2D eigenvalue weighted by Crippen LogP contribution is -2.54. The van der Waals surface area contributed by atoms with Crippen molar-refractivity contribution in [2.45, 2.75) is 0 Å². The molecule has 92 valence electrons. The van der Waals surface area contributed by atoms with Gasteiger partial charge >= 0.3 is 0 Å². The summed E-state index contributed by atoms with van der Waals surface area (Å²) in [5.74, 6) is 0.445. The normalized spacial score (nSPS) is 19.2. The molecule has 1 aromatic rings. The van der Waals surface area contributed by atoms with Crippen LogP contribution in [-0.4, -0.2) is 49.1 Å². The van der Waals surface area contributed by atoms with E-state index in [2.05, 4.69) is 27.4 Å². The molecule has 5 heteroatoms. The minimum atomic E-state index is 0.445. The fourth-order valence-corrected chi connectivity index (χ4v) is 1.75. The lowest BCUT2D eigenvalue weighted by molar-refractivity contribution is 0.130. The number of nitrogens with two attached hydrogens (primary N) is 1. The molecule has 0 saturated carbocycles. The molecule has 1 aliphatic rings. The third-order valence-electron chi connectivity index (χ3n) is 2.78. The van der Waals surface area contributed by atoms with Gasteiger partial charge in [-0.3, -0.25) is 5.43 Å². The Morgan fingerprint density at radius 2 is 1.82 bits per heavy atom. The van der Waals surface area contributed by atoms with Gasteiger partial charge in [0, 0.05) is 26.2 Å². The highest BCUT2D eigenvalue weighted by molar-refractivity contribution is 5.80. The molecule has 0 spiro atoms. The van der Waals surface area contributed by atoms with Gasteiger partial charge in [0.25, 0.3) is 0 Å². The fourth-order valence-electron chi connectivity index (χ4n) is 1.75. The second kappa shape index (κ2) is 5.65. The van der Waals surface area contributed by atoms with Crippen LogP contribution in [0.1, 0.15) is 0 Å². The number of hydrazine groups is 1. The fraction of sp³-hybridized carbons (Fsp3) is 0.417. The molecule has 0 unspecified atom stereocenters. The zero-order valence-electron chi connectivity index (χ0n) is 10.1. The monoisotopic (exact) mass is 233 g/mol. The minimum absolute atomic E-state index is 0.445. The third kappa shape index (κ3) is 3.72. The number of hydrogen-bond donors (Lipinski definition) is 2. The van der Waals surface area contributed by atoms with Crippen molar-refractivity contribution in [1.29, 1.82) is 0 Å². The molecule has 0 atom stereocenters. The largest absolute Gasteiger partial charge is 0.369 e. The van der Waals surface area contributed by atoms with Gasteiger partial charge < -0.3 is 10.6 Å². The molecular weight excluding hydrogens is 214 g/mol. The molecule has 17 heavy (non-hydrogen) atoms. The average molecular weight is 233 g/mol. The molecular formula is C12H19N5. The van der Waals surface area contributed by atoms with E-state index in [0.29, 0.717) is 5.96 Å². The van der Waals surface area contributed by atoms with E-state index in [9.17, 15) is 0 Å². The van der Waals surface area contributed by atoms with Gasteiger partial charge in [0.05, 0.1) is 5.69 Å². The molecule has 1 heterocycles. The first-order chi connectivity index (χ1) is 8.24. The van der Waals surface area contributed by atoms with Crippen LogP contribution < -0.4 is 11.2 Å². The summed E-state index contributed by atoms with van der Waals surface area (Å²) >= 11 is 0. The van der Waals surface area contributed by atoms with E-state index in [4.69, 9.17) is 5.73 Å². The van der Waals surface area contributed by atoms with Crippen LogP contribution in [0.5, 0.6) is 0 Å². The summed E-state index contributed by atoms with van der Waals surface area (Å²) in [7, 11) is 2.12. The van der Waals surface area contributed by atoms with Crippen molar-refractivity contribution >= 4 is 11.6 Å². The summed E-state index contributed by atoms with van der Waals surface area (Å²) in [4.78, 5) is 6.59. The van der Waals surface area contributed by atoms with Gasteiger partial charge in [-0.1, -0.05) is 18.2 Å². The van der Waals surface area contributed by atoms with Crippen LogP contribution in [0.15, 0.2) is 35.3 Å². The summed E-state index contributed by atoms with van der Waals surface area (Å²) < 4.78 is 0. The zero-order chi connectivity index (χ0) is 12.1. The van der Waals surface area contributed by atoms with Crippen molar-refractivity contribution in [3.63, 3.8) is 0 Å². The Morgan fingerprint density at radius 3 is 2.47 bits per heavy atom. The Labute approximate surface area is 102 Å². The predicted molar refractivity (Wildman–Crippen MR) is 69.9 cm³/mol. The van der Waals surface area contributed by atoms with Crippen LogP contribution in [0.2, 0.25) is 0 Å². The smallest absolute Gasteiger partial charge is 0.208 e. The number of nitrogens with zero attached hydrogens (tertiary/aromatic N) is 3. The van der Waals surface area contributed by atoms with E-state index in [1.54, 1.807) is 0 Å². The Hall–Kier alpha value is -1.59. The molecule has 2 rings (SSSR count). The van der Waals surface area contributed by atoms with Crippen molar-refractivity contribution in [3.05, 3.63) is 30.3 Å². The van der Waals surface area contributed by atoms with Crippen LogP contribution in [0.25, 0.3) is 0 Å². The molecule has 0 amide bonds. The standard InChI is InChI=1S/C12H19N5/c1-16-7-9-17(10-8-16)15-12(13)14-11-5-3-2-4-6-11/h2-6H,7-10H2,1H3,(H3,13,14,15). The van der Waals surface area contributed by atoms with E-state index in [1.165, 1.54) is 0 Å². The van der Waals surface area contributed by atoms with Gasteiger partial charge in [0.15, 0.2) is 0 Å². The summed E-state index contributed by atoms with van der Waals surface area (Å²) in [6.07, 6.45) is 0. The summed E-state index contributed by atoms with van der Waals surface area (Å²) in [6.45, 7) is 4.01. The molecule has 1 aliphatic heterocycles. The molecule has 0 aliphatic carbocycles. The van der Waals surface area contributed by atoms with Crippen molar-refractivity contribution in [2.75, 3.05) is 33.2 Å². The zero-order valence-corrected chi connectivity index (χ0v) is 10.1. The van der Waals surface area contributed by atoms with Gasteiger partial charge in [-0.15, -0.1) is 0 Å². The predicted octanol–water partition coefficient (Wildman–Crippen LogP) is 0.385. The molecule has 1 aromatic carbocycles. The van der Waals surface area contributed by atoms with E-state index >= 15 is 0 Å². The topological polar surface area (TPSA) is 56.9 Å². The van der Waals surface area contributed by atoms with Gasteiger partial charge in [-0.25, -0.2) is 10.0 Å². The Morgan fingerprint density at radius 1 is 1.18 bits per heavy atom. The van der Waals surface area contributed by atoms with Gasteiger partial charge in [0.2, 0.25) is 5.96 Å². The quantitative estimate of drug-likeness (QED) is 0.573. The number of nitrogens with one attached hydrogen (secondary N) is 1. The highest BCUT2D eigenvalue weighted by Crippen LogP contribution is 2.08. The molecule has 5 nitrogen and oxygen atoms in total. The van der Waals surface area contributed by atoms with Crippen LogP contribution >= 0.6 is 0 Å². The van der Waals surface area contributed by atoms with E-state index in [-0.39, 0.29) is 0 Å². The SMILES string of the molecule is CN1CCN(NC(N)=Nc2ccccc2)CC1. The van der Waals surface area contributed by atoms with E-state index in [1.807, 2.05) is 30.3 Å². The van der Waals surface area contributed by atoms with Gasteiger partial charge in [0.1, 0.15) is 0 Å². The number of benzene rings is 1. The Balaban J connectivity index is 1.88. The van der Waals surface area contributed by atoms with Crippen LogP contribution in [0.4, 0.5) is 5.69 Å². The number of aliphatic imine (C=N–C) groups is 1. The van der Waals surface area contributed by atoms with Gasteiger partial charge in [-0.05, 0) is 19.2 Å². The van der Waals surface area contributed by atoms with E-state index < -0.39 is 0 Å². The lowest BCUT2D eigenvalue weighted by Gasteiger charge is -2.32.